The molecule has 0 spiro atoms. The van der Waals surface area contributed by atoms with Crippen LogP contribution < -0.4 is 10.1 Å². The van der Waals surface area contributed by atoms with Crippen LogP contribution in [-0.2, 0) is 0 Å². The molecule has 1 N–H and O–H groups in total. The van der Waals surface area contributed by atoms with Crippen molar-refractivity contribution in [3.8, 4) is 17.1 Å². The Morgan fingerprint density at radius 2 is 2.00 bits per heavy atom. The number of nitrogens with one attached hydrogen (secondary N) is 1. The maximum absolute atomic E-state index is 12.4. The van der Waals surface area contributed by atoms with Crippen molar-refractivity contribution in [1.82, 2.24) is 9.97 Å². The minimum absolute atomic E-state index is 0.0653. The fourth-order valence-electron chi connectivity index (χ4n) is 1.81. The van der Waals surface area contributed by atoms with Crippen molar-refractivity contribution >= 4 is 5.82 Å². The molecule has 0 amide bonds. The number of hydrogen-bond acceptors (Lipinski definition) is 4. The number of benzene rings is 1. The Kier molecular flexibility index (Phi) is 4.45. The average molecular weight is 279 g/mol. The van der Waals surface area contributed by atoms with Crippen LogP contribution in [0.25, 0.3) is 11.4 Å². The second-order valence-electron chi connectivity index (χ2n) is 4.12. The van der Waals surface area contributed by atoms with Gasteiger partial charge in [0.2, 0.25) is 0 Å². The standard InChI is InChI=1S/C14H15F2N3O/c1-3-17-12-8-9(2)18-13(19-12)10-6-4-5-7-11(10)20-14(15)16/h4-8,14H,3H2,1-2H3,(H,17,18,19). The quantitative estimate of drug-likeness (QED) is 0.910. The summed E-state index contributed by atoms with van der Waals surface area (Å²) >= 11 is 0. The monoisotopic (exact) mass is 279 g/mol. The van der Waals surface area contributed by atoms with Crippen LogP contribution in [0.1, 0.15) is 12.6 Å². The molecule has 0 aliphatic heterocycles. The molecule has 4 nitrogen and oxygen atoms in total. The van der Waals surface area contributed by atoms with E-state index < -0.39 is 6.61 Å². The van der Waals surface area contributed by atoms with Crippen molar-refractivity contribution in [2.75, 3.05) is 11.9 Å². The van der Waals surface area contributed by atoms with Crippen LogP contribution in [0.2, 0.25) is 0 Å². The molecular formula is C14H15F2N3O. The van der Waals surface area contributed by atoms with Crippen LogP contribution in [0.4, 0.5) is 14.6 Å². The van der Waals surface area contributed by atoms with E-state index in [1.807, 2.05) is 13.8 Å². The fraction of sp³-hybridized carbons (Fsp3) is 0.286. The molecule has 0 bridgehead atoms. The number of nitrogens with zero attached hydrogens (tertiary/aromatic N) is 2. The summed E-state index contributed by atoms with van der Waals surface area (Å²) in [5, 5.41) is 3.08. The van der Waals surface area contributed by atoms with E-state index in [1.54, 1.807) is 24.3 Å². The van der Waals surface area contributed by atoms with E-state index >= 15 is 0 Å². The summed E-state index contributed by atoms with van der Waals surface area (Å²) in [5.74, 6) is 1.08. The number of aryl methyl sites for hydroxylation is 1. The van der Waals surface area contributed by atoms with Crippen molar-refractivity contribution in [2.24, 2.45) is 0 Å². The minimum Gasteiger partial charge on any atom is -0.434 e. The number of anilines is 1. The van der Waals surface area contributed by atoms with Crippen LogP contribution in [-0.4, -0.2) is 23.1 Å². The summed E-state index contributed by atoms with van der Waals surface area (Å²) in [6.45, 7) is 1.60. The van der Waals surface area contributed by atoms with Crippen molar-refractivity contribution in [3.05, 3.63) is 36.0 Å². The third-order valence-electron chi connectivity index (χ3n) is 2.56. The van der Waals surface area contributed by atoms with Gasteiger partial charge in [-0.15, -0.1) is 0 Å². The molecule has 2 rings (SSSR count). The van der Waals surface area contributed by atoms with Gasteiger partial charge in [0.1, 0.15) is 11.6 Å². The number of hydrogen-bond donors (Lipinski definition) is 1. The molecule has 2 aromatic rings. The molecule has 106 valence electrons. The first-order chi connectivity index (χ1) is 9.60. The van der Waals surface area contributed by atoms with E-state index in [0.29, 0.717) is 23.8 Å². The van der Waals surface area contributed by atoms with Crippen molar-refractivity contribution in [2.45, 2.75) is 20.5 Å². The van der Waals surface area contributed by atoms with Crippen molar-refractivity contribution in [3.63, 3.8) is 0 Å². The highest BCUT2D eigenvalue weighted by Gasteiger charge is 2.13. The molecule has 0 atom stereocenters. The molecule has 0 saturated heterocycles. The second-order valence-corrected chi connectivity index (χ2v) is 4.12. The lowest BCUT2D eigenvalue weighted by molar-refractivity contribution is -0.0494. The SMILES string of the molecule is CCNc1cc(C)nc(-c2ccccc2OC(F)F)n1. The van der Waals surface area contributed by atoms with Gasteiger partial charge in [0.25, 0.3) is 0 Å². The van der Waals surface area contributed by atoms with Crippen LogP contribution in [0.15, 0.2) is 30.3 Å². The molecule has 0 fully saturated rings. The molecule has 1 aromatic heterocycles. The third kappa shape index (κ3) is 3.40. The molecule has 1 heterocycles. The number of alkyl halides is 2. The Labute approximate surface area is 115 Å². The van der Waals surface area contributed by atoms with E-state index in [2.05, 4.69) is 20.0 Å². The first-order valence-corrected chi connectivity index (χ1v) is 6.24. The van der Waals surface area contributed by atoms with Gasteiger partial charge in [-0.2, -0.15) is 8.78 Å². The second kappa shape index (κ2) is 6.27. The van der Waals surface area contributed by atoms with Gasteiger partial charge in [0.05, 0.1) is 5.56 Å². The largest absolute Gasteiger partial charge is 0.434 e. The molecule has 0 aliphatic carbocycles. The Morgan fingerprint density at radius 3 is 2.70 bits per heavy atom. The lowest BCUT2D eigenvalue weighted by Gasteiger charge is -2.11. The molecule has 0 aliphatic rings. The molecule has 20 heavy (non-hydrogen) atoms. The van der Waals surface area contributed by atoms with Gasteiger partial charge < -0.3 is 10.1 Å². The first kappa shape index (κ1) is 14.2. The predicted octanol–water partition coefficient (Wildman–Crippen LogP) is 3.49. The van der Waals surface area contributed by atoms with Crippen LogP contribution >= 0.6 is 0 Å². The molecule has 0 unspecified atom stereocenters. The van der Waals surface area contributed by atoms with Gasteiger partial charge in [-0.05, 0) is 26.0 Å². The summed E-state index contributed by atoms with van der Waals surface area (Å²) < 4.78 is 29.3. The number of aromatic nitrogens is 2. The highest BCUT2D eigenvalue weighted by atomic mass is 19.3. The number of ether oxygens (including phenoxy) is 1. The minimum atomic E-state index is -2.88. The Balaban J connectivity index is 2.45. The van der Waals surface area contributed by atoms with Gasteiger partial charge in [0.15, 0.2) is 5.82 Å². The highest BCUT2D eigenvalue weighted by Crippen LogP contribution is 2.29. The smallest absolute Gasteiger partial charge is 0.387 e. The van der Waals surface area contributed by atoms with Crippen LogP contribution in [0.3, 0.4) is 0 Å². The zero-order valence-electron chi connectivity index (χ0n) is 11.2. The van der Waals surface area contributed by atoms with Gasteiger partial charge >= 0.3 is 6.61 Å². The topological polar surface area (TPSA) is 47.0 Å². The maximum Gasteiger partial charge on any atom is 0.387 e. The van der Waals surface area contributed by atoms with Crippen LogP contribution in [0, 0.1) is 6.92 Å². The summed E-state index contributed by atoms with van der Waals surface area (Å²) in [6, 6.07) is 8.28. The lowest BCUT2D eigenvalue weighted by Crippen LogP contribution is -2.06. The Hall–Kier alpha value is -2.24. The van der Waals surface area contributed by atoms with E-state index in [0.717, 1.165) is 5.69 Å². The molecule has 0 saturated carbocycles. The van der Waals surface area contributed by atoms with Gasteiger partial charge in [-0.25, -0.2) is 9.97 Å². The zero-order chi connectivity index (χ0) is 14.5. The number of para-hydroxylation sites is 1. The summed E-state index contributed by atoms with van der Waals surface area (Å²) in [5.41, 5.74) is 1.19. The molecule has 0 radical (unpaired) electrons. The molecule has 1 aromatic carbocycles. The summed E-state index contributed by atoms with van der Waals surface area (Å²) in [4.78, 5) is 8.59. The summed E-state index contributed by atoms with van der Waals surface area (Å²) in [7, 11) is 0. The number of rotatable bonds is 5. The maximum atomic E-state index is 12.4. The number of halogens is 2. The third-order valence-corrected chi connectivity index (χ3v) is 2.56. The lowest BCUT2D eigenvalue weighted by atomic mass is 10.2. The first-order valence-electron chi connectivity index (χ1n) is 6.24. The Bertz CT molecular complexity index is 590. The highest BCUT2D eigenvalue weighted by molar-refractivity contribution is 5.65. The van der Waals surface area contributed by atoms with E-state index in [1.165, 1.54) is 6.07 Å². The van der Waals surface area contributed by atoms with Gasteiger partial charge in [-0.1, -0.05) is 12.1 Å². The van der Waals surface area contributed by atoms with Crippen LogP contribution in [0.5, 0.6) is 5.75 Å². The average Bonchev–Trinajstić information content (AvgIpc) is 2.38. The molecular weight excluding hydrogens is 264 g/mol. The van der Waals surface area contributed by atoms with Gasteiger partial charge in [0, 0.05) is 18.3 Å². The van der Waals surface area contributed by atoms with E-state index in [4.69, 9.17) is 0 Å². The summed E-state index contributed by atoms with van der Waals surface area (Å²) in [6.07, 6.45) is 0. The van der Waals surface area contributed by atoms with Crippen molar-refractivity contribution in [1.29, 1.82) is 0 Å². The Morgan fingerprint density at radius 1 is 1.25 bits per heavy atom. The zero-order valence-corrected chi connectivity index (χ0v) is 11.2. The van der Waals surface area contributed by atoms with E-state index in [9.17, 15) is 8.78 Å². The molecule has 6 heteroatoms. The predicted molar refractivity (Wildman–Crippen MR) is 73.0 cm³/mol. The van der Waals surface area contributed by atoms with E-state index in [-0.39, 0.29) is 5.75 Å². The van der Waals surface area contributed by atoms with Gasteiger partial charge in [-0.3, -0.25) is 0 Å². The van der Waals surface area contributed by atoms with Crippen molar-refractivity contribution < 1.29 is 13.5 Å². The normalized spacial score (nSPS) is 10.7. The fourth-order valence-corrected chi connectivity index (χ4v) is 1.81.